The van der Waals surface area contributed by atoms with Crippen LogP contribution in [0.25, 0.3) is 0 Å². The zero-order valence-corrected chi connectivity index (χ0v) is 17.2. The van der Waals surface area contributed by atoms with E-state index in [-0.39, 0.29) is 13.0 Å². The molecule has 2 atom stereocenters. The minimum atomic E-state index is -0.974. The summed E-state index contributed by atoms with van der Waals surface area (Å²) in [6, 6.07) is -0.974. The van der Waals surface area contributed by atoms with Gasteiger partial charge in [0.25, 0.3) is 5.91 Å². The second-order valence-corrected chi connectivity index (χ2v) is 8.08. The van der Waals surface area contributed by atoms with E-state index in [9.17, 15) is 24.4 Å². The number of imide groups is 1. The van der Waals surface area contributed by atoms with Crippen LogP contribution in [-0.4, -0.2) is 54.3 Å². The van der Waals surface area contributed by atoms with E-state index in [1.54, 1.807) is 0 Å². The van der Waals surface area contributed by atoms with Gasteiger partial charge >= 0.3 is 6.09 Å². The molecule has 160 valence electrons. The van der Waals surface area contributed by atoms with Crippen LogP contribution in [0, 0.1) is 17.3 Å². The standard InChI is InChI=1S/C19H33N3O6/c1-5-19(2,3)15(17(25)21-18(26)28-4)20-16(24)14(11-22(27)12-23)10-13-8-6-7-9-13/h12-15,27H,5-11H2,1-4H3,(H,20,24)(H,21,25,26). The highest BCUT2D eigenvalue weighted by molar-refractivity contribution is 5.97. The summed E-state index contributed by atoms with van der Waals surface area (Å²) in [5.41, 5.74) is -0.630. The van der Waals surface area contributed by atoms with Crippen molar-refractivity contribution >= 4 is 24.3 Å². The summed E-state index contributed by atoms with van der Waals surface area (Å²) in [7, 11) is 1.15. The Morgan fingerprint density at radius 2 is 1.86 bits per heavy atom. The molecule has 0 aromatic heterocycles. The van der Waals surface area contributed by atoms with Gasteiger partial charge in [-0.15, -0.1) is 0 Å². The van der Waals surface area contributed by atoms with Crippen molar-refractivity contribution in [3.63, 3.8) is 0 Å². The lowest BCUT2D eigenvalue weighted by Gasteiger charge is -2.34. The molecule has 0 spiro atoms. The SMILES string of the molecule is CCC(C)(C)C(NC(=O)C(CC1CCCC1)CN(O)C=O)C(=O)NC(=O)OC. The van der Waals surface area contributed by atoms with Gasteiger partial charge in [0.2, 0.25) is 12.3 Å². The fourth-order valence-corrected chi connectivity index (χ4v) is 3.49. The first kappa shape index (κ1) is 23.9. The number of carbonyl (C=O) groups is 4. The number of hydrogen-bond donors (Lipinski definition) is 3. The van der Waals surface area contributed by atoms with Crippen molar-refractivity contribution in [2.24, 2.45) is 17.3 Å². The van der Waals surface area contributed by atoms with Crippen molar-refractivity contribution in [1.29, 1.82) is 0 Å². The zero-order valence-electron chi connectivity index (χ0n) is 17.2. The van der Waals surface area contributed by atoms with Gasteiger partial charge in [-0.2, -0.15) is 0 Å². The number of nitrogens with one attached hydrogen (secondary N) is 2. The van der Waals surface area contributed by atoms with Crippen molar-refractivity contribution in [3.05, 3.63) is 0 Å². The molecule has 0 aliphatic heterocycles. The number of amides is 4. The summed E-state index contributed by atoms with van der Waals surface area (Å²) in [5, 5.41) is 14.9. The van der Waals surface area contributed by atoms with Crippen molar-refractivity contribution in [1.82, 2.24) is 15.7 Å². The monoisotopic (exact) mass is 399 g/mol. The van der Waals surface area contributed by atoms with Gasteiger partial charge in [0.1, 0.15) is 6.04 Å². The summed E-state index contributed by atoms with van der Waals surface area (Å²) in [5.74, 6) is -1.40. The van der Waals surface area contributed by atoms with Gasteiger partial charge < -0.3 is 10.1 Å². The van der Waals surface area contributed by atoms with E-state index in [4.69, 9.17) is 0 Å². The van der Waals surface area contributed by atoms with E-state index in [2.05, 4.69) is 15.4 Å². The van der Waals surface area contributed by atoms with Gasteiger partial charge in [0.05, 0.1) is 19.6 Å². The van der Waals surface area contributed by atoms with Crippen LogP contribution < -0.4 is 10.6 Å². The molecule has 9 nitrogen and oxygen atoms in total. The minimum Gasteiger partial charge on any atom is -0.453 e. The highest BCUT2D eigenvalue weighted by Crippen LogP contribution is 2.31. The van der Waals surface area contributed by atoms with Gasteiger partial charge in [-0.3, -0.25) is 24.9 Å². The molecule has 1 fully saturated rings. The lowest BCUT2D eigenvalue weighted by molar-refractivity contribution is -0.155. The predicted octanol–water partition coefficient (Wildman–Crippen LogP) is 1.83. The number of hydroxylamine groups is 2. The minimum absolute atomic E-state index is 0.149. The molecular formula is C19H33N3O6. The molecule has 0 bridgehead atoms. The normalized spacial score (nSPS) is 16.8. The molecule has 4 amide bonds. The number of carbonyl (C=O) groups excluding carboxylic acids is 4. The Labute approximate surface area is 166 Å². The highest BCUT2D eigenvalue weighted by atomic mass is 16.5. The van der Waals surface area contributed by atoms with Crippen molar-refractivity contribution in [2.75, 3.05) is 13.7 Å². The Hall–Kier alpha value is -2.16. The van der Waals surface area contributed by atoms with Crippen molar-refractivity contribution in [2.45, 2.75) is 65.3 Å². The summed E-state index contributed by atoms with van der Waals surface area (Å²) >= 11 is 0. The third-order valence-electron chi connectivity index (χ3n) is 5.64. The number of hydrogen-bond acceptors (Lipinski definition) is 6. The van der Waals surface area contributed by atoms with E-state index in [0.29, 0.717) is 23.8 Å². The maximum atomic E-state index is 13.0. The molecular weight excluding hydrogens is 366 g/mol. The van der Waals surface area contributed by atoms with Crippen LogP contribution in [0.5, 0.6) is 0 Å². The maximum Gasteiger partial charge on any atom is 0.413 e. The fraction of sp³-hybridized carbons (Fsp3) is 0.789. The molecule has 28 heavy (non-hydrogen) atoms. The van der Waals surface area contributed by atoms with Gasteiger partial charge in [-0.1, -0.05) is 46.5 Å². The molecule has 0 saturated heterocycles. The van der Waals surface area contributed by atoms with Gasteiger partial charge in [-0.25, -0.2) is 9.86 Å². The Morgan fingerprint density at radius 1 is 1.25 bits per heavy atom. The summed E-state index contributed by atoms with van der Waals surface area (Å²) in [6.45, 7) is 5.35. The molecule has 9 heteroatoms. The largest absolute Gasteiger partial charge is 0.453 e. The number of alkyl carbamates (subject to hydrolysis) is 1. The Morgan fingerprint density at radius 3 is 2.36 bits per heavy atom. The lowest BCUT2D eigenvalue weighted by atomic mass is 9.80. The fourth-order valence-electron chi connectivity index (χ4n) is 3.49. The summed E-state index contributed by atoms with van der Waals surface area (Å²) < 4.78 is 4.46. The molecule has 1 rings (SSSR count). The Kier molecular flexibility index (Phi) is 9.37. The van der Waals surface area contributed by atoms with E-state index in [0.717, 1.165) is 32.8 Å². The Bertz CT molecular complexity index is 560. The van der Waals surface area contributed by atoms with Crippen LogP contribution in [0.4, 0.5) is 4.79 Å². The van der Waals surface area contributed by atoms with E-state index in [1.807, 2.05) is 20.8 Å². The molecule has 0 aromatic rings. The van der Waals surface area contributed by atoms with Crippen LogP contribution in [0.15, 0.2) is 0 Å². The van der Waals surface area contributed by atoms with E-state index >= 15 is 0 Å². The quantitative estimate of drug-likeness (QED) is 0.292. The Balaban J connectivity index is 2.96. The topological polar surface area (TPSA) is 125 Å². The second-order valence-electron chi connectivity index (χ2n) is 8.08. The third-order valence-corrected chi connectivity index (χ3v) is 5.64. The van der Waals surface area contributed by atoms with Gasteiger partial charge in [0.15, 0.2) is 0 Å². The number of ether oxygens (including phenoxy) is 1. The number of nitrogens with zero attached hydrogens (tertiary/aromatic N) is 1. The molecule has 3 N–H and O–H groups in total. The molecule has 1 aliphatic rings. The first-order valence-corrected chi connectivity index (χ1v) is 9.74. The smallest absolute Gasteiger partial charge is 0.413 e. The zero-order chi connectivity index (χ0) is 21.3. The predicted molar refractivity (Wildman–Crippen MR) is 101 cm³/mol. The molecule has 0 radical (unpaired) electrons. The van der Waals surface area contributed by atoms with Gasteiger partial charge in [0, 0.05) is 0 Å². The average molecular weight is 399 g/mol. The molecule has 0 heterocycles. The maximum absolute atomic E-state index is 13.0. The molecule has 1 aliphatic carbocycles. The summed E-state index contributed by atoms with van der Waals surface area (Å²) in [6.07, 6.45) is 4.65. The number of methoxy groups -OCH3 is 1. The van der Waals surface area contributed by atoms with Crippen LogP contribution in [0.1, 0.15) is 59.3 Å². The highest BCUT2D eigenvalue weighted by Gasteiger charge is 2.38. The van der Waals surface area contributed by atoms with Crippen molar-refractivity contribution in [3.8, 4) is 0 Å². The van der Waals surface area contributed by atoms with Crippen LogP contribution in [-0.2, 0) is 19.1 Å². The first-order chi connectivity index (χ1) is 13.1. The van der Waals surface area contributed by atoms with E-state index < -0.39 is 35.3 Å². The molecule has 2 unspecified atom stereocenters. The molecule has 1 saturated carbocycles. The third kappa shape index (κ3) is 7.10. The number of rotatable bonds is 10. The molecule has 0 aromatic carbocycles. The van der Waals surface area contributed by atoms with Crippen LogP contribution in [0.2, 0.25) is 0 Å². The van der Waals surface area contributed by atoms with Crippen LogP contribution >= 0.6 is 0 Å². The lowest BCUT2D eigenvalue weighted by Crippen LogP contribution is -2.57. The van der Waals surface area contributed by atoms with Gasteiger partial charge in [-0.05, 0) is 24.2 Å². The summed E-state index contributed by atoms with van der Waals surface area (Å²) in [4.78, 5) is 47.8. The first-order valence-electron chi connectivity index (χ1n) is 9.74. The van der Waals surface area contributed by atoms with Crippen LogP contribution in [0.3, 0.4) is 0 Å². The second kappa shape index (κ2) is 11.0. The van der Waals surface area contributed by atoms with Crippen molar-refractivity contribution < 1.29 is 29.1 Å². The van der Waals surface area contributed by atoms with E-state index in [1.165, 1.54) is 0 Å². The average Bonchev–Trinajstić information content (AvgIpc) is 3.17.